The van der Waals surface area contributed by atoms with Crippen molar-refractivity contribution in [2.45, 2.75) is 19.4 Å². The van der Waals surface area contributed by atoms with Crippen LogP contribution >= 0.6 is 11.3 Å². The number of thiazole rings is 1. The van der Waals surface area contributed by atoms with E-state index in [-0.39, 0.29) is 11.9 Å². The number of nitrogens with zero attached hydrogens (tertiary/aromatic N) is 5. The zero-order valence-electron chi connectivity index (χ0n) is 13.8. The van der Waals surface area contributed by atoms with Crippen molar-refractivity contribution in [2.24, 2.45) is 0 Å². The molecule has 1 atom stereocenters. The van der Waals surface area contributed by atoms with E-state index in [1.165, 1.54) is 11.3 Å². The van der Waals surface area contributed by atoms with Crippen LogP contribution in [0.2, 0.25) is 0 Å². The summed E-state index contributed by atoms with van der Waals surface area (Å²) in [5.41, 5.74) is 0. The minimum absolute atomic E-state index is 0.104. The third-order valence-electron chi connectivity index (χ3n) is 4.52. The Bertz CT molecular complexity index is 817. The largest absolute Gasteiger partial charge is 0.492 e. The van der Waals surface area contributed by atoms with E-state index in [0.29, 0.717) is 0 Å². The van der Waals surface area contributed by atoms with Crippen LogP contribution in [0, 0.1) is 0 Å². The fourth-order valence-corrected chi connectivity index (χ4v) is 4.24. The van der Waals surface area contributed by atoms with E-state index >= 15 is 0 Å². The maximum absolute atomic E-state index is 10.7. The van der Waals surface area contributed by atoms with Crippen LogP contribution in [0.1, 0.15) is 29.4 Å². The molecule has 1 saturated heterocycles. The fraction of sp³-hybridized carbons (Fsp3) is 0.500. The number of aromatic nitrogens is 3. The number of likely N-dealkylation sites (N-methyl/N-ethyl adjacent to an activating group) is 1. The van der Waals surface area contributed by atoms with Crippen molar-refractivity contribution in [1.29, 1.82) is 0 Å². The van der Waals surface area contributed by atoms with Gasteiger partial charge in [0.15, 0.2) is 5.82 Å². The predicted octanol–water partition coefficient (Wildman–Crippen LogP) is 1.99. The van der Waals surface area contributed by atoms with Gasteiger partial charge in [-0.05, 0) is 19.2 Å². The minimum atomic E-state index is -0.104. The molecule has 0 amide bonds. The molecule has 24 heavy (non-hydrogen) atoms. The number of aryl methyl sites for hydroxylation is 1. The van der Waals surface area contributed by atoms with Gasteiger partial charge in [-0.1, -0.05) is 18.3 Å². The second-order valence-corrected chi connectivity index (χ2v) is 7.13. The van der Waals surface area contributed by atoms with Gasteiger partial charge in [0.25, 0.3) is 0 Å². The average molecular weight is 347 g/mol. The number of fused-ring (bicyclic) bond motifs is 1. The highest BCUT2D eigenvalue weighted by atomic mass is 32.1. The summed E-state index contributed by atoms with van der Waals surface area (Å²) in [5, 5.41) is 15.1. The van der Waals surface area contributed by atoms with Crippen LogP contribution in [0.25, 0.3) is 4.96 Å². The Morgan fingerprint density at radius 3 is 2.75 bits per heavy atom. The molecule has 0 aliphatic carbocycles. The highest BCUT2D eigenvalue weighted by Gasteiger charge is 2.32. The topological polar surface area (TPSA) is 70.0 Å². The summed E-state index contributed by atoms with van der Waals surface area (Å²) in [6.07, 6.45) is 2.44. The monoisotopic (exact) mass is 347 g/mol. The van der Waals surface area contributed by atoms with E-state index < -0.39 is 0 Å². The lowest BCUT2D eigenvalue weighted by molar-refractivity contribution is 0.117. The van der Waals surface area contributed by atoms with Gasteiger partial charge in [0.05, 0.1) is 11.1 Å². The Balaban J connectivity index is 1.76. The van der Waals surface area contributed by atoms with Gasteiger partial charge in [-0.25, -0.2) is 4.98 Å². The van der Waals surface area contributed by atoms with Crippen LogP contribution in [0.4, 0.5) is 0 Å². The summed E-state index contributed by atoms with van der Waals surface area (Å²) in [4.78, 5) is 10.7. The number of furan rings is 1. The van der Waals surface area contributed by atoms with Gasteiger partial charge in [0, 0.05) is 32.6 Å². The Labute approximate surface area is 144 Å². The average Bonchev–Trinajstić information content (AvgIpc) is 3.29. The zero-order valence-corrected chi connectivity index (χ0v) is 14.7. The third-order valence-corrected chi connectivity index (χ3v) is 5.60. The molecule has 3 aromatic rings. The van der Waals surface area contributed by atoms with Crippen molar-refractivity contribution < 1.29 is 9.52 Å². The SMILES string of the molecule is CCc1nc2sc(C(c3ccco3)N3CCN(C)CC3)c(O)n2n1. The smallest absolute Gasteiger partial charge is 0.230 e. The summed E-state index contributed by atoms with van der Waals surface area (Å²) >= 11 is 1.48. The van der Waals surface area contributed by atoms with Crippen LogP contribution < -0.4 is 0 Å². The van der Waals surface area contributed by atoms with Crippen molar-refractivity contribution in [2.75, 3.05) is 33.2 Å². The molecule has 1 N–H and O–H groups in total. The molecular formula is C16H21N5O2S. The lowest BCUT2D eigenvalue weighted by Gasteiger charge is -2.36. The minimum Gasteiger partial charge on any atom is -0.492 e. The lowest BCUT2D eigenvalue weighted by atomic mass is 10.1. The Hall–Kier alpha value is -1.90. The number of hydrogen-bond donors (Lipinski definition) is 1. The number of rotatable bonds is 4. The van der Waals surface area contributed by atoms with Crippen LogP contribution in [0.5, 0.6) is 5.88 Å². The molecule has 4 heterocycles. The number of piperazine rings is 1. The van der Waals surface area contributed by atoms with Crippen molar-refractivity contribution in [3.05, 3.63) is 34.9 Å². The van der Waals surface area contributed by atoms with Gasteiger partial charge in [0.1, 0.15) is 11.8 Å². The molecule has 0 spiro atoms. The molecule has 1 unspecified atom stereocenters. The van der Waals surface area contributed by atoms with Gasteiger partial charge in [-0.15, -0.1) is 5.10 Å². The summed E-state index contributed by atoms with van der Waals surface area (Å²) in [6.45, 7) is 5.86. The zero-order chi connectivity index (χ0) is 16.7. The van der Waals surface area contributed by atoms with E-state index in [1.807, 2.05) is 19.1 Å². The maximum Gasteiger partial charge on any atom is 0.230 e. The Kier molecular flexibility index (Phi) is 4.03. The molecular weight excluding hydrogens is 326 g/mol. The second-order valence-electron chi connectivity index (χ2n) is 6.12. The first-order valence-electron chi connectivity index (χ1n) is 8.20. The van der Waals surface area contributed by atoms with E-state index in [9.17, 15) is 5.11 Å². The lowest BCUT2D eigenvalue weighted by Crippen LogP contribution is -2.46. The highest BCUT2D eigenvalue weighted by Crippen LogP contribution is 2.40. The first kappa shape index (κ1) is 15.6. The van der Waals surface area contributed by atoms with Crippen LogP contribution in [-0.4, -0.2) is 62.7 Å². The van der Waals surface area contributed by atoms with E-state index in [2.05, 4.69) is 26.9 Å². The summed E-state index contributed by atoms with van der Waals surface area (Å²) in [5.74, 6) is 1.76. The molecule has 3 aromatic heterocycles. The standard InChI is InChI=1S/C16H21N5O2S/c1-3-12-17-16-21(18-12)15(22)14(24-16)13(11-5-4-10-23-11)20-8-6-19(2)7-9-20/h4-5,10,13,22H,3,6-9H2,1-2H3. The molecule has 4 rings (SSSR count). The molecule has 1 fully saturated rings. The summed E-state index contributed by atoms with van der Waals surface area (Å²) < 4.78 is 7.24. The highest BCUT2D eigenvalue weighted by molar-refractivity contribution is 7.17. The van der Waals surface area contributed by atoms with E-state index in [4.69, 9.17) is 4.42 Å². The molecule has 0 bridgehead atoms. The number of aromatic hydroxyl groups is 1. The third kappa shape index (κ3) is 2.60. The van der Waals surface area contributed by atoms with Crippen molar-refractivity contribution in [1.82, 2.24) is 24.4 Å². The van der Waals surface area contributed by atoms with Gasteiger partial charge in [-0.3, -0.25) is 4.90 Å². The molecule has 7 nitrogen and oxygen atoms in total. The molecule has 0 aromatic carbocycles. The first-order valence-corrected chi connectivity index (χ1v) is 9.02. The fourth-order valence-electron chi connectivity index (χ4n) is 3.12. The van der Waals surface area contributed by atoms with E-state index in [1.54, 1.807) is 10.8 Å². The van der Waals surface area contributed by atoms with Gasteiger partial charge in [0.2, 0.25) is 10.8 Å². The van der Waals surface area contributed by atoms with Crippen LogP contribution in [-0.2, 0) is 6.42 Å². The number of hydrogen-bond acceptors (Lipinski definition) is 7. The molecule has 0 radical (unpaired) electrons. The summed E-state index contributed by atoms with van der Waals surface area (Å²) in [6, 6.07) is 3.75. The van der Waals surface area contributed by atoms with Crippen molar-refractivity contribution in [3.8, 4) is 5.88 Å². The molecule has 128 valence electrons. The van der Waals surface area contributed by atoms with Gasteiger partial charge >= 0.3 is 0 Å². The van der Waals surface area contributed by atoms with Crippen LogP contribution in [0.15, 0.2) is 22.8 Å². The van der Waals surface area contributed by atoms with Gasteiger partial charge < -0.3 is 14.4 Å². The van der Waals surface area contributed by atoms with Gasteiger partial charge in [-0.2, -0.15) is 4.52 Å². The molecule has 1 aliphatic rings. The molecule has 1 aliphatic heterocycles. The maximum atomic E-state index is 10.7. The van der Waals surface area contributed by atoms with E-state index in [0.717, 1.165) is 54.0 Å². The quantitative estimate of drug-likeness (QED) is 0.778. The Morgan fingerprint density at radius 2 is 2.12 bits per heavy atom. The molecule has 8 heteroatoms. The first-order chi connectivity index (χ1) is 11.7. The second kappa shape index (κ2) is 6.19. The molecule has 0 saturated carbocycles. The van der Waals surface area contributed by atoms with Crippen LogP contribution in [0.3, 0.4) is 0 Å². The predicted molar refractivity (Wildman–Crippen MR) is 91.5 cm³/mol. The van der Waals surface area contributed by atoms with Crippen molar-refractivity contribution in [3.63, 3.8) is 0 Å². The normalized spacial score (nSPS) is 18.4. The van der Waals surface area contributed by atoms with Crippen molar-refractivity contribution >= 4 is 16.3 Å². The Morgan fingerprint density at radius 1 is 1.33 bits per heavy atom. The summed E-state index contributed by atoms with van der Waals surface area (Å²) in [7, 11) is 2.13.